The van der Waals surface area contributed by atoms with Gasteiger partial charge in [-0.05, 0) is 37.6 Å². The van der Waals surface area contributed by atoms with Crippen molar-refractivity contribution in [3.05, 3.63) is 0 Å². The average molecular weight is 229 g/mol. The van der Waals surface area contributed by atoms with Crippen molar-refractivity contribution >= 4 is 0 Å². The molecule has 3 nitrogen and oxygen atoms in total. The summed E-state index contributed by atoms with van der Waals surface area (Å²) >= 11 is 0. The molecule has 3 heteroatoms. The molecule has 0 aromatic rings. The molecule has 1 fully saturated rings. The van der Waals surface area contributed by atoms with Crippen LogP contribution in [0.1, 0.15) is 39.0 Å². The number of aliphatic hydroxyl groups is 1. The van der Waals surface area contributed by atoms with Gasteiger partial charge in [0, 0.05) is 19.8 Å². The van der Waals surface area contributed by atoms with Crippen LogP contribution in [0.2, 0.25) is 0 Å². The Kier molecular flexibility index (Phi) is 7.01. The van der Waals surface area contributed by atoms with Gasteiger partial charge in [0.1, 0.15) is 0 Å². The smallest absolute Gasteiger partial charge is 0.0616 e. The third kappa shape index (κ3) is 5.28. The van der Waals surface area contributed by atoms with Crippen LogP contribution in [0.15, 0.2) is 0 Å². The number of hydrogen-bond acceptors (Lipinski definition) is 3. The molecule has 16 heavy (non-hydrogen) atoms. The molecule has 0 saturated heterocycles. The van der Waals surface area contributed by atoms with Gasteiger partial charge in [-0.3, -0.25) is 0 Å². The summed E-state index contributed by atoms with van der Waals surface area (Å²) in [6, 6.07) is 0.314. The van der Waals surface area contributed by atoms with Gasteiger partial charge < -0.3 is 15.2 Å². The number of aliphatic hydroxyl groups excluding tert-OH is 1. The van der Waals surface area contributed by atoms with E-state index in [4.69, 9.17) is 9.84 Å². The minimum absolute atomic E-state index is 0.239. The highest BCUT2D eigenvalue weighted by atomic mass is 16.5. The molecule has 0 spiro atoms. The van der Waals surface area contributed by atoms with E-state index >= 15 is 0 Å². The highest BCUT2D eigenvalue weighted by molar-refractivity contribution is 4.74. The van der Waals surface area contributed by atoms with Gasteiger partial charge in [-0.2, -0.15) is 0 Å². The molecule has 1 saturated carbocycles. The lowest BCUT2D eigenvalue weighted by molar-refractivity contribution is 0.143. The molecule has 1 aliphatic carbocycles. The first-order valence-electron chi connectivity index (χ1n) is 6.59. The van der Waals surface area contributed by atoms with Crippen LogP contribution >= 0.6 is 0 Å². The van der Waals surface area contributed by atoms with Gasteiger partial charge in [-0.25, -0.2) is 0 Å². The summed E-state index contributed by atoms with van der Waals surface area (Å²) in [5.74, 6) is 1.75. The maximum Gasteiger partial charge on any atom is 0.0616 e. The Morgan fingerprint density at radius 1 is 1.31 bits per heavy atom. The Balaban J connectivity index is 2.15. The van der Waals surface area contributed by atoms with Gasteiger partial charge in [-0.1, -0.05) is 19.8 Å². The lowest BCUT2D eigenvalue weighted by atomic mass is 9.83. The van der Waals surface area contributed by atoms with Gasteiger partial charge in [0.05, 0.1) is 6.61 Å². The topological polar surface area (TPSA) is 41.5 Å². The Bertz CT molecular complexity index is 161. The maximum atomic E-state index is 8.94. The number of methoxy groups -OCH3 is 1. The fourth-order valence-corrected chi connectivity index (χ4v) is 2.47. The Labute approximate surface area is 99.6 Å². The quantitative estimate of drug-likeness (QED) is 0.699. The monoisotopic (exact) mass is 229 g/mol. The van der Waals surface area contributed by atoms with E-state index in [1.807, 2.05) is 0 Å². The number of nitrogens with one attached hydrogen (secondary N) is 1. The second-order valence-corrected chi connectivity index (χ2v) is 5.20. The van der Waals surface area contributed by atoms with Crippen LogP contribution in [-0.4, -0.2) is 38.0 Å². The molecule has 1 atom stereocenters. The van der Waals surface area contributed by atoms with Crippen molar-refractivity contribution in [1.82, 2.24) is 5.32 Å². The molecule has 0 aromatic carbocycles. The van der Waals surface area contributed by atoms with Crippen molar-refractivity contribution in [2.24, 2.45) is 11.8 Å². The SMILES string of the molecule is COCC(CCO)NCC1CCC(C)CC1. The van der Waals surface area contributed by atoms with E-state index in [2.05, 4.69) is 12.2 Å². The minimum atomic E-state index is 0.239. The van der Waals surface area contributed by atoms with E-state index in [1.54, 1.807) is 7.11 Å². The molecule has 0 aliphatic heterocycles. The minimum Gasteiger partial charge on any atom is -0.396 e. The summed E-state index contributed by atoms with van der Waals surface area (Å²) in [4.78, 5) is 0. The summed E-state index contributed by atoms with van der Waals surface area (Å²) in [5, 5.41) is 12.5. The number of rotatable bonds is 7. The van der Waals surface area contributed by atoms with E-state index in [1.165, 1.54) is 25.7 Å². The van der Waals surface area contributed by atoms with Crippen LogP contribution in [0.3, 0.4) is 0 Å². The Morgan fingerprint density at radius 2 is 2.00 bits per heavy atom. The van der Waals surface area contributed by atoms with Gasteiger partial charge in [0.2, 0.25) is 0 Å². The molecule has 96 valence electrons. The summed E-state index contributed by atoms with van der Waals surface area (Å²) in [5.41, 5.74) is 0. The lowest BCUT2D eigenvalue weighted by Crippen LogP contribution is -2.38. The largest absolute Gasteiger partial charge is 0.396 e. The van der Waals surface area contributed by atoms with Crippen molar-refractivity contribution in [1.29, 1.82) is 0 Å². The van der Waals surface area contributed by atoms with Crippen molar-refractivity contribution in [2.75, 3.05) is 26.9 Å². The lowest BCUT2D eigenvalue weighted by Gasteiger charge is -2.28. The van der Waals surface area contributed by atoms with Crippen LogP contribution in [0, 0.1) is 11.8 Å². The van der Waals surface area contributed by atoms with Crippen LogP contribution in [0.5, 0.6) is 0 Å². The fraction of sp³-hybridized carbons (Fsp3) is 1.00. The van der Waals surface area contributed by atoms with E-state index in [-0.39, 0.29) is 6.61 Å². The van der Waals surface area contributed by atoms with E-state index < -0.39 is 0 Å². The number of ether oxygens (including phenoxy) is 1. The zero-order valence-electron chi connectivity index (χ0n) is 10.7. The van der Waals surface area contributed by atoms with E-state index in [0.717, 1.165) is 24.8 Å². The summed E-state index contributed by atoms with van der Waals surface area (Å²) in [6.45, 7) is 4.37. The Hall–Kier alpha value is -0.120. The van der Waals surface area contributed by atoms with Crippen LogP contribution < -0.4 is 5.32 Å². The van der Waals surface area contributed by atoms with Gasteiger partial charge in [0.25, 0.3) is 0 Å². The molecule has 0 radical (unpaired) electrons. The summed E-state index contributed by atoms with van der Waals surface area (Å²) in [7, 11) is 1.72. The molecule has 2 N–H and O–H groups in total. The maximum absolute atomic E-state index is 8.94. The molecule has 0 amide bonds. The molecule has 0 aromatic heterocycles. The van der Waals surface area contributed by atoms with Gasteiger partial charge in [0.15, 0.2) is 0 Å². The van der Waals surface area contributed by atoms with Crippen molar-refractivity contribution < 1.29 is 9.84 Å². The van der Waals surface area contributed by atoms with Crippen LogP contribution in [0.25, 0.3) is 0 Å². The van der Waals surface area contributed by atoms with Crippen molar-refractivity contribution in [3.8, 4) is 0 Å². The van der Waals surface area contributed by atoms with E-state index in [0.29, 0.717) is 12.6 Å². The zero-order chi connectivity index (χ0) is 11.8. The normalized spacial score (nSPS) is 27.9. The molecule has 1 rings (SSSR count). The zero-order valence-corrected chi connectivity index (χ0v) is 10.7. The summed E-state index contributed by atoms with van der Waals surface area (Å²) in [6.07, 6.45) is 6.25. The third-order valence-electron chi connectivity index (χ3n) is 3.68. The molecule has 1 aliphatic rings. The third-order valence-corrected chi connectivity index (χ3v) is 3.68. The first-order valence-corrected chi connectivity index (χ1v) is 6.59. The van der Waals surface area contributed by atoms with Gasteiger partial charge in [-0.15, -0.1) is 0 Å². The highest BCUT2D eigenvalue weighted by Crippen LogP contribution is 2.27. The molecule has 0 bridgehead atoms. The molecule has 0 heterocycles. The number of hydrogen-bond donors (Lipinski definition) is 2. The molecule has 1 unspecified atom stereocenters. The first-order chi connectivity index (χ1) is 7.76. The van der Waals surface area contributed by atoms with Crippen LogP contribution in [-0.2, 0) is 4.74 Å². The van der Waals surface area contributed by atoms with E-state index in [9.17, 15) is 0 Å². The Morgan fingerprint density at radius 3 is 2.56 bits per heavy atom. The highest BCUT2D eigenvalue weighted by Gasteiger charge is 2.19. The second kappa shape index (κ2) is 8.04. The van der Waals surface area contributed by atoms with Crippen molar-refractivity contribution in [2.45, 2.75) is 45.1 Å². The predicted octanol–water partition coefficient (Wildman–Crippen LogP) is 1.80. The average Bonchev–Trinajstić information content (AvgIpc) is 2.29. The van der Waals surface area contributed by atoms with Crippen LogP contribution in [0.4, 0.5) is 0 Å². The predicted molar refractivity (Wildman–Crippen MR) is 66.5 cm³/mol. The standard InChI is InChI=1S/C13H27NO2/c1-11-3-5-12(6-4-11)9-14-13(7-8-15)10-16-2/h11-15H,3-10H2,1-2H3. The van der Waals surface area contributed by atoms with Gasteiger partial charge >= 0.3 is 0 Å². The van der Waals surface area contributed by atoms with Crippen molar-refractivity contribution in [3.63, 3.8) is 0 Å². The second-order valence-electron chi connectivity index (χ2n) is 5.20. The first kappa shape index (κ1) is 13.9. The molecular weight excluding hydrogens is 202 g/mol. The summed E-state index contributed by atoms with van der Waals surface area (Å²) < 4.78 is 5.14. The fourth-order valence-electron chi connectivity index (χ4n) is 2.47. The molecular formula is C13H27NO2.